The maximum absolute atomic E-state index is 12.6. The number of carbonyl (C=O) groups excluding carboxylic acids is 1. The molecule has 3 saturated heterocycles. The van der Waals surface area contributed by atoms with E-state index >= 15 is 0 Å². The lowest BCUT2D eigenvalue weighted by Gasteiger charge is -2.38. The zero-order valence-electron chi connectivity index (χ0n) is 18.9. The van der Waals surface area contributed by atoms with E-state index < -0.39 is 0 Å². The normalized spacial score (nSPS) is 23.7. The highest BCUT2D eigenvalue weighted by Gasteiger charge is 2.31. The van der Waals surface area contributed by atoms with Crippen LogP contribution < -0.4 is 5.32 Å². The van der Waals surface area contributed by atoms with Gasteiger partial charge in [0.15, 0.2) is 5.96 Å². The minimum absolute atomic E-state index is 0. The lowest BCUT2D eigenvalue weighted by Crippen LogP contribution is -2.55. The van der Waals surface area contributed by atoms with Gasteiger partial charge in [-0.2, -0.15) is 0 Å². The highest BCUT2D eigenvalue weighted by Crippen LogP contribution is 2.26. The molecule has 1 amide bonds. The smallest absolute Gasteiger partial charge is 0.251 e. The third-order valence-electron chi connectivity index (χ3n) is 6.20. The molecule has 1 aromatic rings. The van der Waals surface area contributed by atoms with E-state index in [1.165, 1.54) is 4.88 Å². The maximum atomic E-state index is 12.6. The minimum Gasteiger partial charge on any atom is -0.379 e. The van der Waals surface area contributed by atoms with Gasteiger partial charge in [0.05, 0.1) is 25.8 Å². The van der Waals surface area contributed by atoms with Crippen LogP contribution in [0.15, 0.2) is 22.5 Å². The minimum atomic E-state index is -0.228. The fraction of sp³-hybridized carbons (Fsp3) is 0.727. The Kier molecular flexibility index (Phi) is 10.5. The molecule has 3 aliphatic heterocycles. The molecule has 0 radical (unpaired) electrons. The van der Waals surface area contributed by atoms with Crippen molar-refractivity contribution in [2.45, 2.75) is 31.9 Å². The number of hydrogen-bond acceptors (Lipinski definition) is 6. The summed E-state index contributed by atoms with van der Waals surface area (Å²) in [5.41, 5.74) is 0. The summed E-state index contributed by atoms with van der Waals surface area (Å²) in [6.45, 7) is 10.9. The van der Waals surface area contributed by atoms with E-state index in [4.69, 9.17) is 14.5 Å². The number of guanidine groups is 1. The summed E-state index contributed by atoms with van der Waals surface area (Å²) < 4.78 is 11.1. The number of rotatable bonds is 6. The predicted octanol–water partition coefficient (Wildman–Crippen LogP) is 2.03. The molecule has 0 spiro atoms. The van der Waals surface area contributed by atoms with Gasteiger partial charge in [-0.3, -0.25) is 14.7 Å². The van der Waals surface area contributed by atoms with Crippen molar-refractivity contribution in [1.82, 2.24) is 20.0 Å². The highest BCUT2D eigenvalue weighted by atomic mass is 127. The summed E-state index contributed by atoms with van der Waals surface area (Å²) >= 11 is 1.80. The number of ether oxygens (including phenoxy) is 2. The van der Waals surface area contributed by atoms with E-state index in [2.05, 4.69) is 39.6 Å². The number of nitrogens with one attached hydrogen (secondary N) is 1. The molecule has 0 aromatic carbocycles. The van der Waals surface area contributed by atoms with E-state index in [1.807, 2.05) is 4.90 Å². The van der Waals surface area contributed by atoms with Crippen LogP contribution in [-0.2, 0) is 14.3 Å². The molecule has 1 N–H and O–H groups in total. The van der Waals surface area contributed by atoms with Gasteiger partial charge in [-0.1, -0.05) is 6.07 Å². The van der Waals surface area contributed by atoms with Gasteiger partial charge < -0.3 is 24.6 Å². The van der Waals surface area contributed by atoms with Crippen molar-refractivity contribution in [2.75, 3.05) is 72.2 Å². The zero-order chi connectivity index (χ0) is 21.5. The number of thiophene rings is 1. The Morgan fingerprint density at radius 3 is 2.56 bits per heavy atom. The molecule has 2 atom stereocenters. The van der Waals surface area contributed by atoms with E-state index in [0.29, 0.717) is 6.61 Å². The summed E-state index contributed by atoms with van der Waals surface area (Å²) in [4.78, 5) is 25.8. The molecule has 0 bridgehead atoms. The molecule has 4 rings (SSSR count). The molecule has 3 fully saturated rings. The number of aliphatic imine (C=N–C) groups is 1. The molecule has 2 unspecified atom stereocenters. The Balaban J connectivity index is 0.00000289. The second-order valence-corrected chi connectivity index (χ2v) is 9.17. The van der Waals surface area contributed by atoms with Crippen LogP contribution in [0.2, 0.25) is 0 Å². The first-order chi connectivity index (χ1) is 15.3. The Bertz CT molecular complexity index is 715. The number of amides is 1. The first-order valence-corrected chi connectivity index (χ1v) is 12.4. The molecular weight excluding hydrogens is 541 g/mol. The van der Waals surface area contributed by atoms with Crippen molar-refractivity contribution in [3.8, 4) is 0 Å². The molecule has 8 nitrogen and oxygen atoms in total. The van der Waals surface area contributed by atoms with Crippen molar-refractivity contribution >= 4 is 47.2 Å². The molecule has 32 heavy (non-hydrogen) atoms. The van der Waals surface area contributed by atoms with Crippen LogP contribution in [0, 0.1) is 0 Å². The summed E-state index contributed by atoms with van der Waals surface area (Å²) in [5, 5.41) is 5.60. The Labute approximate surface area is 212 Å². The molecule has 10 heteroatoms. The number of nitrogens with zero attached hydrogens (tertiary/aromatic N) is 4. The van der Waals surface area contributed by atoms with Crippen LogP contribution in [0.5, 0.6) is 0 Å². The van der Waals surface area contributed by atoms with Crippen molar-refractivity contribution in [1.29, 1.82) is 0 Å². The van der Waals surface area contributed by atoms with E-state index in [-0.39, 0.29) is 42.0 Å². The molecule has 0 aliphatic carbocycles. The number of hydrogen-bond donors (Lipinski definition) is 1. The first kappa shape index (κ1) is 25.7. The van der Waals surface area contributed by atoms with Crippen LogP contribution in [0.4, 0.5) is 0 Å². The van der Waals surface area contributed by atoms with Gasteiger partial charge in [-0.25, -0.2) is 0 Å². The van der Waals surface area contributed by atoms with Crippen LogP contribution >= 0.6 is 35.3 Å². The second kappa shape index (κ2) is 13.1. The van der Waals surface area contributed by atoms with Gasteiger partial charge in [0.1, 0.15) is 6.10 Å². The van der Waals surface area contributed by atoms with Gasteiger partial charge >= 0.3 is 0 Å². The van der Waals surface area contributed by atoms with E-state index in [9.17, 15) is 4.79 Å². The van der Waals surface area contributed by atoms with Gasteiger partial charge in [0, 0.05) is 57.3 Å². The fourth-order valence-electron chi connectivity index (χ4n) is 4.47. The number of piperazine rings is 1. The topological polar surface area (TPSA) is 69.6 Å². The Hall–Kier alpha value is -0.950. The summed E-state index contributed by atoms with van der Waals surface area (Å²) in [7, 11) is 0. The molecule has 1 aromatic heterocycles. The number of morpholine rings is 1. The Morgan fingerprint density at radius 2 is 1.94 bits per heavy atom. The molecule has 0 saturated carbocycles. The van der Waals surface area contributed by atoms with Crippen LogP contribution in [0.3, 0.4) is 0 Å². The summed E-state index contributed by atoms with van der Waals surface area (Å²) in [5.74, 6) is 1.10. The quantitative estimate of drug-likeness (QED) is 0.317. The van der Waals surface area contributed by atoms with Crippen molar-refractivity contribution < 1.29 is 14.3 Å². The lowest BCUT2D eigenvalue weighted by atomic mass is 10.2. The maximum Gasteiger partial charge on any atom is 0.251 e. The highest BCUT2D eigenvalue weighted by molar-refractivity contribution is 14.0. The standard InChI is InChI=1S/C22H35N5O3S.HI/c1-2-23-22(27-9-7-26(8-10-27)21(28)19-5-3-13-30-19)24-17-18(20-6-4-16-31-20)25-11-14-29-15-12-25;/h4,6,16,18-19H,2-3,5,7-15,17H2,1H3,(H,23,24);1H. The average Bonchev–Trinajstić information content (AvgIpc) is 3.54. The van der Waals surface area contributed by atoms with Crippen molar-refractivity contribution in [3.05, 3.63) is 22.4 Å². The van der Waals surface area contributed by atoms with E-state index in [0.717, 1.165) is 84.4 Å². The van der Waals surface area contributed by atoms with Gasteiger partial charge in [0.2, 0.25) is 0 Å². The van der Waals surface area contributed by atoms with Crippen LogP contribution in [-0.4, -0.2) is 105 Å². The SMILES string of the molecule is CCNC(=NCC(c1cccs1)N1CCOCC1)N1CCN(C(=O)C2CCCO2)CC1.I. The second-order valence-electron chi connectivity index (χ2n) is 8.19. The van der Waals surface area contributed by atoms with Crippen LogP contribution in [0.25, 0.3) is 0 Å². The molecule has 180 valence electrons. The summed E-state index contributed by atoms with van der Waals surface area (Å²) in [6.07, 6.45) is 1.62. The van der Waals surface area contributed by atoms with Crippen molar-refractivity contribution in [2.24, 2.45) is 4.99 Å². The fourth-order valence-corrected chi connectivity index (χ4v) is 5.32. The molecule has 4 heterocycles. The largest absolute Gasteiger partial charge is 0.379 e. The van der Waals surface area contributed by atoms with Gasteiger partial charge in [-0.05, 0) is 31.2 Å². The van der Waals surface area contributed by atoms with Gasteiger partial charge in [0.25, 0.3) is 5.91 Å². The summed E-state index contributed by atoms with van der Waals surface area (Å²) in [6, 6.07) is 4.61. The predicted molar refractivity (Wildman–Crippen MR) is 138 cm³/mol. The zero-order valence-corrected chi connectivity index (χ0v) is 22.1. The Morgan fingerprint density at radius 1 is 1.19 bits per heavy atom. The molecule has 3 aliphatic rings. The van der Waals surface area contributed by atoms with Gasteiger partial charge in [-0.15, -0.1) is 35.3 Å². The average molecular weight is 578 g/mol. The monoisotopic (exact) mass is 577 g/mol. The molecular formula is C22H36IN5O3S. The third kappa shape index (κ3) is 6.55. The first-order valence-electron chi connectivity index (χ1n) is 11.5. The van der Waals surface area contributed by atoms with Crippen molar-refractivity contribution in [3.63, 3.8) is 0 Å². The number of carbonyl (C=O) groups is 1. The third-order valence-corrected chi connectivity index (χ3v) is 7.18. The van der Waals surface area contributed by atoms with Crippen LogP contribution in [0.1, 0.15) is 30.7 Å². The number of halogens is 1. The van der Waals surface area contributed by atoms with E-state index in [1.54, 1.807) is 11.3 Å². The lowest BCUT2D eigenvalue weighted by molar-refractivity contribution is -0.142.